The lowest BCUT2D eigenvalue weighted by molar-refractivity contribution is 0.0358. The van der Waals surface area contributed by atoms with Crippen LogP contribution in [0.3, 0.4) is 0 Å². The molecule has 0 bridgehead atoms. The predicted octanol–water partition coefficient (Wildman–Crippen LogP) is 1.94. The normalized spacial score (nSPS) is 22.8. The summed E-state index contributed by atoms with van der Waals surface area (Å²) in [4.78, 5) is 2.45. The van der Waals surface area contributed by atoms with Crippen LogP contribution in [0.4, 0.5) is 0 Å². The fourth-order valence-electron chi connectivity index (χ4n) is 3.25. The Kier molecular flexibility index (Phi) is 6.11. The summed E-state index contributed by atoms with van der Waals surface area (Å²) in [5.74, 6) is 1.80. The maximum absolute atomic E-state index is 5.85. The molecule has 0 spiro atoms. The molecule has 0 amide bonds. The van der Waals surface area contributed by atoms with E-state index in [2.05, 4.69) is 34.5 Å². The molecule has 1 aromatic rings. The van der Waals surface area contributed by atoms with Gasteiger partial charge in [0.25, 0.3) is 0 Å². The SMILES string of the molecule is c1cc(OCCCN2CCOCC2)ccc1CC1CCNC1. The standard InChI is InChI=1S/C18H28N2O2/c1(8-20-9-12-21-13-10-20)11-22-18-4-2-16(3-5-18)14-17-6-7-19-15-17/h2-5,17,19H,1,6-15H2. The van der Waals surface area contributed by atoms with Crippen LogP contribution >= 0.6 is 0 Å². The Bertz CT molecular complexity index is 423. The second kappa shape index (κ2) is 8.51. The molecule has 1 aromatic carbocycles. The number of nitrogens with one attached hydrogen (secondary N) is 1. The molecule has 0 aromatic heterocycles. The third kappa shape index (κ3) is 4.97. The summed E-state index contributed by atoms with van der Waals surface area (Å²) in [7, 11) is 0. The second-order valence-corrected chi connectivity index (χ2v) is 6.36. The van der Waals surface area contributed by atoms with Crippen LogP contribution in [0.2, 0.25) is 0 Å². The number of hydrogen-bond donors (Lipinski definition) is 1. The van der Waals surface area contributed by atoms with Crippen LogP contribution in [0.5, 0.6) is 5.75 Å². The van der Waals surface area contributed by atoms with Crippen molar-refractivity contribution in [3.8, 4) is 5.75 Å². The van der Waals surface area contributed by atoms with E-state index >= 15 is 0 Å². The van der Waals surface area contributed by atoms with Gasteiger partial charge in [0.15, 0.2) is 0 Å². The monoisotopic (exact) mass is 304 g/mol. The highest BCUT2D eigenvalue weighted by Gasteiger charge is 2.14. The van der Waals surface area contributed by atoms with Crippen molar-refractivity contribution < 1.29 is 9.47 Å². The fraction of sp³-hybridized carbons (Fsp3) is 0.667. The molecule has 2 aliphatic rings. The van der Waals surface area contributed by atoms with Gasteiger partial charge in [-0.25, -0.2) is 0 Å². The van der Waals surface area contributed by atoms with Gasteiger partial charge in [0.1, 0.15) is 5.75 Å². The molecule has 0 aliphatic carbocycles. The Morgan fingerprint density at radius 3 is 2.73 bits per heavy atom. The molecule has 2 fully saturated rings. The number of morpholine rings is 1. The summed E-state index contributed by atoms with van der Waals surface area (Å²) in [5, 5.41) is 3.43. The highest BCUT2D eigenvalue weighted by molar-refractivity contribution is 5.27. The molecular formula is C18H28N2O2. The molecule has 122 valence electrons. The summed E-state index contributed by atoms with van der Waals surface area (Å²) in [6.07, 6.45) is 3.57. The highest BCUT2D eigenvalue weighted by atomic mass is 16.5. The van der Waals surface area contributed by atoms with Crippen LogP contribution < -0.4 is 10.1 Å². The Morgan fingerprint density at radius 1 is 1.18 bits per heavy atom. The first-order chi connectivity index (χ1) is 10.9. The van der Waals surface area contributed by atoms with Crippen molar-refractivity contribution in [2.45, 2.75) is 19.3 Å². The van der Waals surface area contributed by atoms with Crippen molar-refractivity contribution in [2.24, 2.45) is 5.92 Å². The molecule has 2 saturated heterocycles. The number of benzene rings is 1. The molecule has 1 unspecified atom stereocenters. The van der Waals surface area contributed by atoms with Gasteiger partial charge in [0.05, 0.1) is 19.8 Å². The van der Waals surface area contributed by atoms with Gasteiger partial charge in [0, 0.05) is 19.6 Å². The van der Waals surface area contributed by atoms with Gasteiger partial charge in [-0.15, -0.1) is 0 Å². The second-order valence-electron chi connectivity index (χ2n) is 6.36. The highest BCUT2D eigenvalue weighted by Crippen LogP contribution is 2.18. The van der Waals surface area contributed by atoms with E-state index in [0.717, 1.165) is 57.5 Å². The molecule has 22 heavy (non-hydrogen) atoms. The third-order valence-electron chi connectivity index (χ3n) is 4.60. The molecule has 1 N–H and O–H groups in total. The van der Waals surface area contributed by atoms with E-state index in [-0.39, 0.29) is 0 Å². The zero-order valence-electron chi connectivity index (χ0n) is 13.4. The average molecular weight is 304 g/mol. The summed E-state index contributed by atoms with van der Waals surface area (Å²) >= 11 is 0. The van der Waals surface area contributed by atoms with Gasteiger partial charge in [-0.2, -0.15) is 0 Å². The lowest BCUT2D eigenvalue weighted by Gasteiger charge is -2.26. The van der Waals surface area contributed by atoms with Gasteiger partial charge in [-0.1, -0.05) is 12.1 Å². The molecule has 1 atom stereocenters. The fourth-order valence-corrected chi connectivity index (χ4v) is 3.25. The van der Waals surface area contributed by atoms with Gasteiger partial charge < -0.3 is 14.8 Å². The number of nitrogens with zero attached hydrogens (tertiary/aromatic N) is 1. The average Bonchev–Trinajstić information content (AvgIpc) is 3.07. The maximum atomic E-state index is 5.85. The van der Waals surface area contributed by atoms with Crippen molar-refractivity contribution in [2.75, 3.05) is 52.5 Å². The van der Waals surface area contributed by atoms with E-state index in [1.165, 1.54) is 31.5 Å². The van der Waals surface area contributed by atoms with Crippen molar-refractivity contribution in [3.05, 3.63) is 29.8 Å². The predicted molar refractivity (Wildman–Crippen MR) is 88.5 cm³/mol. The van der Waals surface area contributed by atoms with Crippen molar-refractivity contribution >= 4 is 0 Å². The topological polar surface area (TPSA) is 33.7 Å². The summed E-state index contributed by atoms with van der Waals surface area (Å²) in [5.41, 5.74) is 1.43. The molecular weight excluding hydrogens is 276 g/mol. The third-order valence-corrected chi connectivity index (χ3v) is 4.60. The van der Waals surface area contributed by atoms with Crippen LogP contribution in [0.1, 0.15) is 18.4 Å². The maximum Gasteiger partial charge on any atom is 0.119 e. The molecule has 4 nitrogen and oxygen atoms in total. The smallest absolute Gasteiger partial charge is 0.119 e. The molecule has 0 radical (unpaired) electrons. The number of ether oxygens (including phenoxy) is 2. The van der Waals surface area contributed by atoms with E-state index in [0.29, 0.717) is 0 Å². The van der Waals surface area contributed by atoms with Crippen LogP contribution in [-0.2, 0) is 11.2 Å². The molecule has 3 rings (SSSR count). The first kappa shape index (κ1) is 15.8. The first-order valence-electron chi connectivity index (χ1n) is 8.63. The Balaban J connectivity index is 1.33. The minimum Gasteiger partial charge on any atom is -0.494 e. The van der Waals surface area contributed by atoms with E-state index in [4.69, 9.17) is 9.47 Å². The Hall–Kier alpha value is -1.10. The van der Waals surface area contributed by atoms with Crippen LogP contribution in [0.15, 0.2) is 24.3 Å². The molecule has 4 heteroatoms. The number of hydrogen-bond acceptors (Lipinski definition) is 4. The van der Waals surface area contributed by atoms with Crippen LogP contribution in [0.25, 0.3) is 0 Å². The first-order valence-corrected chi connectivity index (χ1v) is 8.63. The molecule has 0 saturated carbocycles. The summed E-state index contributed by atoms with van der Waals surface area (Å²) in [6, 6.07) is 8.67. The molecule has 2 aliphatic heterocycles. The Labute approximate surface area is 133 Å². The van der Waals surface area contributed by atoms with E-state index < -0.39 is 0 Å². The van der Waals surface area contributed by atoms with Crippen molar-refractivity contribution in [1.82, 2.24) is 10.2 Å². The van der Waals surface area contributed by atoms with Gasteiger partial charge in [-0.05, 0) is 56.0 Å². The number of rotatable bonds is 7. The minimum atomic E-state index is 0.795. The van der Waals surface area contributed by atoms with Gasteiger partial charge in [-0.3, -0.25) is 4.90 Å². The van der Waals surface area contributed by atoms with E-state index in [1.807, 2.05) is 0 Å². The van der Waals surface area contributed by atoms with Gasteiger partial charge in [0.2, 0.25) is 0 Å². The van der Waals surface area contributed by atoms with Crippen LogP contribution in [0, 0.1) is 5.92 Å². The largest absolute Gasteiger partial charge is 0.494 e. The van der Waals surface area contributed by atoms with Crippen molar-refractivity contribution in [3.63, 3.8) is 0 Å². The van der Waals surface area contributed by atoms with Crippen LogP contribution in [-0.4, -0.2) is 57.4 Å². The summed E-state index contributed by atoms with van der Waals surface area (Å²) < 4.78 is 11.2. The van der Waals surface area contributed by atoms with E-state index in [9.17, 15) is 0 Å². The Morgan fingerprint density at radius 2 is 2.00 bits per heavy atom. The minimum absolute atomic E-state index is 0.795. The quantitative estimate of drug-likeness (QED) is 0.781. The zero-order valence-corrected chi connectivity index (χ0v) is 13.4. The molecule has 2 heterocycles. The summed E-state index contributed by atoms with van der Waals surface area (Å²) in [6.45, 7) is 8.11. The van der Waals surface area contributed by atoms with Gasteiger partial charge >= 0.3 is 0 Å². The van der Waals surface area contributed by atoms with Crippen molar-refractivity contribution in [1.29, 1.82) is 0 Å². The van der Waals surface area contributed by atoms with E-state index in [1.54, 1.807) is 0 Å². The lowest BCUT2D eigenvalue weighted by atomic mass is 9.99. The lowest BCUT2D eigenvalue weighted by Crippen LogP contribution is -2.37. The zero-order chi connectivity index (χ0) is 15.0.